The van der Waals surface area contributed by atoms with Crippen molar-refractivity contribution in [1.82, 2.24) is 5.32 Å². The van der Waals surface area contributed by atoms with E-state index in [0.717, 1.165) is 5.75 Å². The first-order chi connectivity index (χ1) is 9.15. The predicted octanol–water partition coefficient (Wildman–Crippen LogP) is 1.21. The minimum atomic E-state index is -0.564. The summed E-state index contributed by atoms with van der Waals surface area (Å²) in [5.41, 5.74) is 0.677. The van der Waals surface area contributed by atoms with Gasteiger partial charge in [-0.3, -0.25) is 0 Å². The van der Waals surface area contributed by atoms with Crippen LogP contribution in [0.1, 0.15) is 6.42 Å². The molecule has 0 aliphatic heterocycles. The van der Waals surface area contributed by atoms with E-state index in [4.69, 9.17) is 9.47 Å². The Balaban J connectivity index is 2.26. The lowest BCUT2D eigenvalue weighted by Crippen LogP contribution is -2.32. The second kappa shape index (κ2) is 8.34. The van der Waals surface area contributed by atoms with Crippen molar-refractivity contribution < 1.29 is 19.4 Å². The Morgan fingerprint density at radius 1 is 1.32 bits per heavy atom. The van der Waals surface area contributed by atoms with Crippen LogP contribution in [-0.4, -0.2) is 44.6 Å². The largest absolute Gasteiger partial charge is 0.497 e. The Labute approximate surface area is 112 Å². The highest BCUT2D eigenvalue weighted by Gasteiger charge is 2.05. The van der Waals surface area contributed by atoms with Crippen LogP contribution < -0.4 is 15.4 Å². The Morgan fingerprint density at radius 2 is 2.00 bits per heavy atom. The van der Waals surface area contributed by atoms with E-state index in [2.05, 4.69) is 10.6 Å². The zero-order valence-corrected chi connectivity index (χ0v) is 11.2. The molecule has 19 heavy (non-hydrogen) atoms. The molecule has 0 aromatic heterocycles. The number of rotatable bonds is 7. The van der Waals surface area contributed by atoms with Gasteiger partial charge in [-0.2, -0.15) is 0 Å². The first-order valence-corrected chi connectivity index (χ1v) is 6.01. The number of aliphatic hydroxyl groups is 1. The number of carbonyl (C=O) groups is 1. The summed E-state index contributed by atoms with van der Waals surface area (Å²) in [6, 6.07) is 6.71. The Morgan fingerprint density at radius 3 is 2.58 bits per heavy atom. The number of hydrogen-bond donors (Lipinski definition) is 3. The third-order valence-corrected chi connectivity index (χ3v) is 2.47. The highest BCUT2D eigenvalue weighted by Crippen LogP contribution is 2.14. The van der Waals surface area contributed by atoms with Crippen LogP contribution in [0, 0.1) is 0 Å². The number of ether oxygens (including phenoxy) is 2. The molecule has 1 aromatic rings. The predicted molar refractivity (Wildman–Crippen MR) is 72.5 cm³/mol. The van der Waals surface area contributed by atoms with Gasteiger partial charge >= 0.3 is 6.03 Å². The first-order valence-electron chi connectivity index (χ1n) is 6.01. The molecule has 1 atom stereocenters. The van der Waals surface area contributed by atoms with E-state index in [-0.39, 0.29) is 12.6 Å². The Hall–Kier alpha value is -1.79. The average Bonchev–Trinajstić information content (AvgIpc) is 2.40. The van der Waals surface area contributed by atoms with E-state index in [1.54, 1.807) is 31.4 Å². The number of benzene rings is 1. The fourth-order valence-electron chi connectivity index (χ4n) is 1.48. The molecular weight excluding hydrogens is 248 g/mol. The normalized spacial score (nSPS) is 11.7. The summed E-state index contributed by atoms with van der Waals surface area (Å²) in [4.78, 5) is 11.5. The van der Waals surface area contributed by atoms with Crippen LogP contribution in [0.25, 0.3) is 0 Å². The zero-order valence-electron chi connectivity index (χ0n) is 11.2. The van der Waals surface area contributed by atoms with Crippen molar-refractivity contribution >= 4 is 11.7 Å². The minimum Gasteiger partial charge on any atom is -0.497 e. The quantitative estimate of drug-likeness (QED) is 0.694. The van der Waals surface area contributed by atoms with Gasteiger partial charge in [0.15, 0.2) is 0 Å². The van der Waals surface area contributed by atoms with Gasteiger partial charge in [0.25, 0.3) is 0 Å². The second-order valence-electron chi connectivity index (χ2n) is 4.01. The van der Waals surface area contributed by atoms with Crippen molar-refractivity contribution in [2.24, 2.45) is 0 Å². The highest BCUT2D eigenvalue weighted by molar-refractivity contribution is 5.89. The van der Waals surface area contributed by atoms with Gasteiger partial charge in [0.2, 0.25) is 0 Å². The molecule has 2 amide bonds. The molecule has 0 aliphatic carbocycles. The van der Waals surface area contributed by atoms with Crippen molar-refractivity contribution in [2.75, 3.05) is 32.7 Å². The highest BCUT2D eigenvalue weighted by atomic mass is 16.5. The van der Waals surface area contributed by atoms with Crippen LogP contribution in [-0.2, 0) is 4.74 Å². The molecule has 1 aromatic carbocycles. The summed E-state index contributed by atoms with van der Waals surface area (Å²) in [5, 5.41) is 14.7. The van der Waals surface area contributed by atoms with Gasteiger partial charge in [0, 0.05) is 19.3 Å². The third-order valence-electron chi connectivity index (χ3n) is 2.47. The maximum absolute atomic E-state index is 11.5. The molecule has 6 nitrogen and oxygen atoms in total. The molecular formula is C13H20N2O4. The van der Waals surface area contributed by atoms with Gasteiger partial charge in [-0.05, 0) is 30.7 Å². The number of carbonyl (C=O) groups excluding carboxylic acids is 1. The minimum absolute atomic E-state index is 0.266. The van der Waals surface area contributed by atoms with Crippen LogP contribution in [0.4, 0.5) is 10.5 Å². The topological polar surface area (TPSA) is 79.8 Å². The molecule has 0 heterocycles. The summed E-state index contributed by atoms with van der Waals surface area (Å²) in [5.74, 6) is 0.730. The molecule has 0 saturated heterocycles. The fraction of sp³-hybridized carbons (Fsp3) is 0.462. The van der Waals surface area contributed by atoms with E-state index in [1.165, 1.54) is 7.11 Å². The van der Waals surface area contributed by atoms with E-state index in [9.17, 15) is 9.90 Å². The summed E-state index contributed by atoms with van der Waals surface area (Å²) in [6.45, 7) is 0.647. The smallest absolute Gasteiger partial charge is 0.319 e. The monoisotopic (exact) mass is 268 g/mol. The molecule has 0 aliphatic rings. The van der Waals surface area contributed by atoms with Crippen LogP contribution in [0.3, 0.4) is 0 Å². The summed E-state index contributed by atoms with van der Waals surface area (Å²) >= 11 is 0. The van der Waals surface area contributed by atoms with Crippen LogP contribution in [0.5, 0.6) is 5.75 Å². The molecule has 6 heteroatoms. The first kappa shape index (κ1) is 15.3. The van der Waals surface area contributed by atoms with Gasteiger partial charge in [-0.25, -0.2) is 4.79 Å². The number of anilines is 1. The number of hydrogen-bond acceptors (Lipinski definition) is 4. The number of aliphatic hydroxyl groups excluding tert-OH is 1. The van der Waals surface area contributed by atoms with Crippen molar-refractivity contribution in [3.63, 3.8) is 0 Å². The Kier molecular flexibility index (Phi) is 6.70. The van der Waals surface area contributed by atoms with Crippen molar-refractivity contribution in [3.05, 3.63) is 24.3 Å². The average molecular weight is 268 g/mol. The van der Waals surface area contributed by atoms with E-state index in [1.807, 2.05) is 0 Å². The second-order valence-corrected chi connectivity index (χ2v) is 4.01. The van der Waals surface area contributed by atoms with Crippen molar-refractivity contribution in [2.45, 2.75) is 12.5 Å². The number of amides is 2. The van der Waals surface area contributed by atoms with Crippen molar-refractivity contribution in [3.8, 4) is 5.75 Å². The lowest BCUT2D eigenvalue weighted by molar-refractivity contribution is 0.0599. The maximum atomic E-state index is 11.5. The van der Waals surface area contributed by atoms with Gasteiger partial charge in [-0.15, -0.1) is 0 Å². The molecule has 0 bridgehead atoms. The standard InChI is InChI=1S/C13H20N2O4/c1-18-9-11(16)7-8-14-13(17)15-10-3-5-12(19-2)6-4-10/h3-6,11,16H,7-9H2,1-2H3,(H2,14,15,17). The molecule has 0 spiro atoms. The number of urea groups is 1. The van der Waals surface area contributed by atoms with Crippen LogP contribution in [0.15, 0.2) is 24.3 Å². The van der Waals surface area contributed by atoms with Gasteiger partial charge in [0.1, 0.15) is 5.75 Å². The fourth-order valence-corrected chi connectivity index (χ4v) is 1.48. The number of methoxy groups -OCH3 is 2. The van der Waals surface area contributed by atoms with Gasteiger partial charge in [0.05, 0.1) is 19.8 Å². The molecule has 106 valence electrons. The van der Waals surface area contributed by atoms with Gasteiger partial charge in [-0.1, -0.05) is 0 Å². The maximum Gasteiger partial charge on any atom is 0.319 e. The number of nitrogens with one attached hydrogen (secondary N) is 2. The summed E-state index contributed by atoms with van der Waals surface area (Å²) in [7, 11) is 3.10. The molecule has 3 N–H and O–H groups in total. The summed E-state index contributed by atoms with van der Waals surface area (Å²) in [6.07, 6.45) is -0.115. The van der Waals surface area contributed by atoms with E-state index < -0.39 is 6.10 Å². The third kappa shape index (κ3) is 6.08. The molecule has 0 saturated carbocycles. The Bertz CT molecular complexity index is 381. The van der Waals surface area contributed by atoms with Crippen LogP contribution in [0.2, 0.25) is 0 Å². The van der Waals surface area contributed by atoms with Crippen molar-refractivity contribution in [1.29, 1.82) is 0 Å². The van der Waals surface area contributed by atoms with E-state index >= 15 is 0 Å². The lowest BCUT2D eigenvalue weighted by Gasteiger charge is -2.11. The molecule has 0 fully saturated rings. The summed E-state index contributed by atoms with van der Waals surface area (Å²) < 4.78 is 9.81. The van der Waals surface area contributed by atoms with Gasteiger partial charge < -0.3 is 25.2 Å². The van der Waals surface area contributed by atoms with E-state index in [0.29, 0.717) is 18.7 Å². The zero-order chi connectivity index (χ0) is 14.1. The SMILES string of the molecule is COCC(O)CCNC(=O)Nc1ccc(OC)cc1. The molecule has 1 unspecified atom stereocenters. The lowest BCUT2D eigenvalue weighted by atomic mass is 10.2. The molecule has 0 radical (unpaired) electrons. The van der Waals surface area contributed by atoms with Crippen LogP contribution >= 0.6 is 0 Å². The molecule has 1 rings (SSSR count).